The summed E-state index contributed by atoms with van der Waals surface area (Å²) in [4.78, 5) is 13.3. The molecule has 3 nitrogen and oxygen atoms in total. The molecule has 0 N–H and O–H groups in total. The molecular formula is C10H18N2O. The highest BCUT2D eigenvalue weighted by molar-refractivity contribution is 5.81. The minimum absolute atomic E-state index is 0.116. The summed E-state index contributed by atoms with van der Waals surface area (Å²) in [6, 6.07) is 2.03. The van der Waals surface area contributed by atoms with Gasteiger partial charge in [0, 0.05) is 19.0 Å². The van der Waals surface area contributed by atoms with Gasteiger partial charge in [-0.2, -0.15) is 5.26 Å². The van der Waals surface area contributed by atoms with Crippen LogP contribution < -0.4 is 0 Å². The summed E-state index contributed by atoms with van der Waals surface area (Å²) in [6.45, 7) is 6.38. The van der Waals surface area contributed by atoms with Crippen LogP contribution in [0.3, 0.4) is 0 Å². The van der Waals surface area contributed by atoms with E-state index < -0.39 is 0 Å². The van der Waals surface area contributed by atoms with Crippen molar-refractivity contribution in [3.63, 3.8) is 0 Å². The van der Waals surface area contributed by atoms with Gasteiger partial charge in [0.15, 0.2) is 0 Å². The lowest BCUT2D eigenvalue weighted by molar-refractivity contribution is -0.139. The number of hydrogen-bond donors (Lipinski definition) is 0. The maximum Gasteiger partial charge on any atom is 0.227 e. The van der Waals surface area contributed by atoms with Crippen LogP contribution in [0, 0.1) is 16.7 Å². The van der Waals surface area contributed by atoms with Gasteiger partial charge in [0.05, 0.1) is 12.5 Å². The second-order valence-corrected chi connectivity index (χ2v) is 3.87. The van der Waals surface area contributed by atoms with Crippen LogP contribution in [0.25, 0.3) is 0 Å². The van der Waals surface area contributed by atoms with Crippen LogP contribution in [0.15, 0.2) is 0 Å². The van der Waals surface area contributed by atoms with Gasteiger partial charge in [-0.25, -0.2) is 0 Å². The van der Waals surface area contributed by atoms with E-state index in [0.29, 0.717) is 13.0 Å². The topological polar surface area (TPSA) is 44.1 Å². The van der Waals surface area contributed by atoms with Crippen molar-refractivity contribution in [2.45, 2.75) is 33.6 Å². The van der Waals surface area contributed by atoms with Crippen molar-refractivity contribution in [2.24, 2.45) is 5.41 Å². The zero-order chi connectivity index (χ0) is 10.5. The smallest absolute Gasteiger partial charge is 0.227 e. The second-order valence-electron chi connectivity index (χ2n) is 3.87. The van der Waals surface area contributed by atoms with E-state index in [1.807, 2.05) is 26.8 Å². The van der Waals surface area contributed by atoms with Gasteiger partial charge in [0.2, 0.25) is 5.91 Å². The summed E-state index contributed by atoms with van der Waals surface area (Å²) in [5.41, 5.74) is -0.301. The molecule has 0 heterocycles. The molecule has 0 saturated carbocycles. The molecule has 0 rings (SSSR count). The number of rotatable bonds is 4. The molecule has 3 heteroatoms. The van der Waals surface area contributed by atoms with Crippen molar-refractivity contribution in [1.29, 1.82) is 5.26 Å². The normalized spacial score (nSPS) is 10.7. The van der Waals surface area contributed by atoms with Crippen molar-refractivity contribution in [1.82, 2.24) is 4.90 Å². The van der Waals surface area contributed by atoms with E-state index in [4.69, 9.17) is 5.26 Å². The van der Waals surface area contributed by atoms with Crippen molar-refractivity contribution in [2.75, 3.05) is 13.6 Å². The van der Waals surface area contributed by atoms with E-state index in [9.17, 15) is 4.79 Å². The quantitative estimate of drug-likeness (QED) is 0.665. The van der Waals surface area contributed by atoms with Gasteiger partial charge in [-0.15, -0.1) is 0 Å². The largest absolute Gasteiger partial charge is 0.344 e. The maximum atomic E-state index is 11.7. The average Bonchev–Trinajstić information content (AvgIpc) is 2.12. The fraction of sp³-hybridized carbons (Fsp3) is 0.800. The van der Waals surface area contributed by atoms with Gasteiger partial charge in [-0.05, 0) is 6.42 Å². The third kappa shape index (κ3) is 3.45. The molecule has 0 bridgehead atoms. The molecule has 1 amide bonds. The highest BCUT2D eigenvalue weighted by Crippen LogP contribution is 2.22. The Morgan fingerprint density at radius 1 is 1.54 bits per heavy atom. The van der Waals surface area contributed by atoms with Gasteiger partial charge in [0.1, 0.15) is 0 Å². The molecule has 0 radical (unpaired) electrons. The molecule has 0 aliphatic rings. The first kappa shape index (κ1) is 12.0. The molecular weight excluding hydrogens is 164 g/mol. The van der Waals surface area contributed by atoms with Crippen LogP contribution in [0.4, 0.5) is 0 Å². The van der Waals surface area contributed by atoms with Crippen LogP contribution in [0.2, 0.25) is 0 Å². The number of amides is 1. The van der Waals surface area contributed by atoms with Crippen LogP contribution in [-0.4, -0.2) is 24.4 Å². The Morgan fingerprint density at radius 2 is 2.08 bits per heavy atom. The lowest BCUT2D eigenvalue weighted by Gasteiger charge is -2.27. The summed E-state index contributed by atoms with van der Waals surface area (Å²) in [6.07, 6.45) is 1.23. The molecule has 0 fully saturated rings. The Morgan fingerprint density at radius 3 is 2.46 bits per heavy atom. The first-order valence-corrected chi connectivity index (χ1v) is 4.58. The standard InChI is InChI=1S/C10H18N2O/c1-5-10(2,3)9(13)12(4)8-6-7-11/h5-6,8H2,1-4H3. The predicted molar refractivity (Wildman–Crippen MR) is 51.9 cm³/mol. The first-order valence-electron chi connectivity index (χ1n) is 4.58. The van der Waals surface area contributed by atoms with E-state index in [1.54, 1.807) is 11.9 Å². The van der Waals surface area contributed by atoms with Gasteiger partial charge < -0.3 is 4.90 Å². The van der Waals surface area contributed by atoms with E-state index in [1.165, 1.54) is 0 Å². The van der Waals surface area contributed by atoms with Crippen molar-refractivity contribution >= 4 is 5.91 Å². The Kier molecular flexibility index (Phi) is 4.47. The molecule has 13 heavy (non-hydrogen) atoms. The Balaban J connectivity index is 4.19. The molecule has 0 atom stereocenters. The van der Waals surface area contributed by atoms with Crippen LogP contribution in [0.1, 0.15) is 33.6 Å². The van der Waals surface area contributed by atoms with E-state index in [-0.39, 0.29) is 11.3 Å². The van der Waals surface area contributed by atoms with E-state index in [0.717, 1.165) is 6.42 Å². The van der Waals surface area contributed by atoms with E-state index in [2.05, 4.69) is 0 Å². The lowest BCUT2D eigenvalue weighted by atomic mass is 9.88. The van der Waals surface area contributed by atoms with Crippen molar-refractivity contribution in [3.05, 3.63) is 0 Å². The van der Waals surface area contributed by atoms with Crippen LogP contribution in [0.5, 0.6) is 0 Å². The lowest BCUT2D eigenvalue weighted by Crippen LogP contribution is -2.38. The number of nitriles is 1. The zero-order valence-corrected chi connectivity index (χ0v) is 8.92. The van der Waals surface area contributed by atoms with E-state index >= 15 is 0 Å². The number of hydrogen-bond acceptors (Lipinski definition) is 2. The minimum Gasteiger partial charge on any atom is -0.344 e. The van der Waals surface area contributed by atoms with Gasteiger partial charge in [-0.1, -0.05) is 20.8 Å². The molecule has 0 aliphatic heterocycles. The Hall–Kier alpha value is -1.04. The number of carbonyl (C=O) groups is 1. The number of nitrogens with zero attached hydrogens (tertiary/aromatic N) is 2. The van der Waals surface area contributed by atoms with Gasteiger partial charge in [0.25, 0.3) is 0 Å². The Labute approximate surface area is 80.3 Å². The molecule has 0 aromatic rings. The summed E-state index contributed by atoms with van der Waals surface area (Å²) in [5, 5.41) is 8.37. The monoisotopic (exact) mass is 182 g/mol. The minimum atomic E-state index is -0.301. The van der Waals surface area contributed by atoms with Crippen LogP contribution in [-0.2, 0) is 4.79 Å². The molecule has 0 aliphatic carbocycles. The molecule has 0 saturated heterocycles. The van der Waals surface area contributed by atoms with Gasteiger partial charge in [-0.3, -0.25) is 4.79 Å². The third-order valence-corrected chi connectivity index (χ3v) is 2.37. The Bertz CT molecular complexity index is 215. The van der Waals surface area contributed by atoms with Crippen molar-refractivity contribution < 1.29 is 4.79 Å². The second kappa shape index (κ2) is 4.86. The summed E-state index contributed by atoms with van der Waals surface area (Å²) in [5.74, 6) is 0.116. The maximum absolute atomic E-state index is 11.7. The molecule has 74 valence electrons. The molecule has 0 aromatic heterocycles. The zero-order valence-electron chi connectivity index (χ0n) is 8.92. The SMILES string of the molecule is CCC(C)(C)C(=O)N(C)CCC#N. The summed E-state index contributed by atoms with van der Waals surface area (Å²) < 4.78 is 0. The summed E-state index contributed by atoms with van der Waals surface area (Å²) in [7, 11) is 1.75. The molecule has 0 unspecified atom stereocenters. The molecule has 0 aromatic carbocycles. The highest BCUT2D eigenvalue weighted by Gasteiger charge is 2.27. The van der Waals surface area contributed by atoms with Gasteiger partial charge >= 0.3 is 0 Å². The highest BCUT2D eigenvalue weighted by atomic mass is 16.2. The number of carbonyl (C=O) groups excluding carboxylic acids is 1. The average molecular weight is 182 g/mol. The fourth-order valence-electron chi connectivity index (χ4n) is 0.987. The third-order valence-electron chi connectivity index (χ3n) is 2.37. The molecule has 0 spiro atoms. The summed E-state index contributed by atoms with van der Waals surface area (Å²) >= 11 is 0. The fourth-order valence-corrected chi connectivity index (χ4v) is 0.987. The van der Waals surface area contributed by atoms with Crippen LogP contribution >= 0.6 is 0 Å². The first-order chi connectivity index (χ1) is 5.95. The van der Waals surface area contributed by atoms with Crippen molar-refractivity contribution in [3.8, 4) is 6.07 Å². The predicted octanol–water partition coefficient (Wildman–Crippen LogP) is 1.79.